The van der Waals surface area contributed by atoms with Crippen molar-refractivity contribution in [2.75, 3.05) is 5.75 Å². The van der Waals surface area contributed by atoms with Crippen LogP contribution in [0, 0.1) is 0 Å². The molecule has 0 aromatic rings. The predicted molar refractivity (Wildman–Crippen MR) is 56.1 cm³/mol. The smallest absolute Gasteiger partial charge is 0.217 e. The SMILES string of the molecule is NC(=O)CCCC[C@@H]1CCSS1. The van der Waals surface area contributed by atoms with Crippen LogP contribution in [0.25, 0.3) is 0 Å². The maximum Gasteiger partial charge on any atom is 0.217 e. The summed E-state index contributed by atoms with van der Waals surface area (Å²) >= 11 is 0. The quantitative estimate of drug-likeness (QED) is 0.552. The molecule has 2 N–H and O–H groups in total. The largest absolute Gasteiger partial charge is 0.370 e. The van der Waals surface area contributed by atoms with E-state index in [2.05, 4.69) is 0 Å². The van der Waals surface area contributed by atoms with Crippen LogP contribution in [0.15, 0.2) is 0 Å². The molecular weight excluding hydrogens is 190 g/mol. The lowest BCUT2D eigenvalue weighted by Gasteiger charge is -2.05. The van der Waals surface area contributed by atoms with Crippen molar-refractivity contribution in [1.82, 2.24) is 0 Å². The summed E-state index contributed by atoms with van der Waals surface area (Å²) < 4.78 is 0. The molecule has 1 aliphatic heterocycles. The summed E-state index contributed by atoms with van der Waals surface area (Å²) in [5.41, 5.74) is 5.04. The Bertz CT molecular complexity index is 146. The van der Waals surface area contributed by atoms with Crippen molar-refractivity contribution in [1.29, 1.82) is 0 Å². The van der Waals surface area contributed by atoms with Gasteiger partial charge in [-0.15, -0.1) is 0 Å². The van der Waals surface area contributed by atoms with Gasteiger partial charge >= 0.3 is 0 Å². The van der Waals surface area contributed by atoms with E-state index in [-0.39, 0.29) is 5.91 Å². The summed E-state index contributed by atoms with van der Waals surface area (Å²) in [5.74, 6) is 1.13. The van der Waals surface area contributed by atoms with E-state index in [4.69, 9.17) is 5.73 Å². The normalized spacial score (nSPS) is 22.8. The van der Waals surface area contributed by atoms with Crippen LogP contribution in [0.3, 0.4) is 0 Å². The minimum atomic E-state index is -0.163. The van der Waals surface area contributed by atoms with E-state index in [1.807, 2.05) is 21.6 Å². The van der Waals surface area contributed by atoms with Gasteiger partial charge in [-0.3, -0.25) is 4.79 Å². The zero-order valence-electron chi connectivity index (χ0n) is 7.12. The maximum atomic E-state index is 10.4. The Kier molecular flexibility index (Phi) is 4.92. The number of primary amides is 1. The van der Waals surface area contributed by atoms with Gasteiger partial charge in [-0.2, -0.15) is 0 Å². The molecule has 70 valence electrons. The van der Waals surface area contributed by atoms with Gasteiger partial charge in [0.1, 0.15) is 0 Å². The molecule has 0 aromatic carbocycles. The number of carbonyl (C=O) groups excluding carboxylic acids is 1. The summed E-state index contributed by atoms with van der Waals surface area (Å²) in [4.78, 5) is 10.4. The molecule has 1 saturated heterocycles. The van der Waals surface area contributed by atoms with Crippen LogP contribution >= 0.6 is 21.6 Å². The van der Waals surface area contributed by atoms with Crippen molar-refractivity contribution in [3.05, 3.63) is 0 Å². The molecule has 0 aromatic heterocycles. The molecule has 0 radical (unpaired) electrons. The lowest BCUT2D eigenvalue weighted by atomic mass is 10.1. The number of hydrogen-bond donors (Lipinski definition) is 1. The Morgan fingerprint density at radius 3 is 2.92 bits per heavy atom. The number of rotatable bonds is 5. The highest BCUT2D eigenvalue weighted by atomic mass is 33.1. The van der Waals surface area contributed by atoms with Crippen LogP contribution in [-0.4, -0.2) is 16.9 Å². The van der Waals surface area contributed by atoms with Gasteiger partial charge in [0.05, 0.1) is 0 Å². The molecule has 1 aliphatic rings. The summed E-state index contributed by atoms with van der Waals surface area (Å²) in [6.07, 6.45) is 5.28. The fraction of sp³-hybridized carbons (Fsp3) is 0.875. The molecule has 1 atom stereocenters. The van der Waals surface area contributed by atoms with Gasteiger partial charge in [-0.25, -0.2) is 0 Å². The number of hydrogen-bond acceptors (Lipinski definition) is 3. The molecule has 12 heavy (non-hydrogen) atoms. The van der Waals surface area contributed by atoms with Crippen LogP contribution in [0.4, 0.5) is 0 Å². The third kappa shape index (κ3) is 4.26. The first-order valence-electron chi connectivity index (χ1n) is 4.35. The van der Waals surface area contributed by atoms with Crippen molar-refractivity contribution in [2.24, 2.45) is 5.73 Å². The molecule has 4 heteroatoms. The van der Waals surface area contributed by atoms with E-state index in [0.717, 1.165) is 18.1 Å². The first-order valence-corrected chi connectivity index (χ1v) is 6.74. The van der Waals surface area contributed by atoms with E-state index >= 15 is 0 Å². The topological polar surface area (TPSA) is 43.1 Å². The summed E-state index contributed by atoms with van der Waals surface area (Å²) in [7, 11) is 3.97. The number of carbonyl (C=O) groups is 1. The first kappa shape index (κ1) is 10.3. The number of amides is 1. The van der Waals surface area contributed by atoms with Crippen molar-refractivity contribution < 1.29 is 4.79 Å². The molecule has 1 heterocycles. The van der Waals surface area contributed by atoms with Gasteiger partial charge in [-0.05, 0) is 19.3 Å². The molecular formula is C8H15NOS2. The minimum absolute atomic E-state index is 0.163. The molecule has 0 spiro atoms. The Hall–Kier alpha value is 0.170. The van der Waals surface area contributed by atoms with Crippen molar-refractivity contribution in [3.8, 4) is 0 Å². The second-order valence-electron chi connectivity index (χ2n) is 3.04. The zero-order valence-corrected chi connectivity index (χ0v) is 8.76. The molecule has 0 aliphatic carbocycles. The van der Waals surface area contributed by atoms with Crippen LogP contribution in [0.5, 0.6) is 0 Å². The summed E-state index contributed by atoms with van der Waals surface area (Å²) in [6, 6.07) is 0. The summed E-state index contributed by atoms with van der Waals surface area (Å²) in [5, 5.41) is 0.836. The molecule has 2 nitrogen and oxygen atoms in total. The van der Waals surface area contributed by atoms with Crippen molar-refractivity contribution in [3.63, 3.8) is 0 Å². The zero-order chi connectivity index (χ0) is 8.81. The molecule has 1 amide bonds. The van der Waals surface area contributed by atoms with Crippen LogP contribution in [-0.2, 0) is 4.79 Å². The Morgan fingerprint density at radius 2 is 2.33 bits per heavy atom. The van der Waals surface area contributed by atoms with E-state index in [1.165, 1.54) is 18.6 Å². The van der Waals surface area contributed by atoms with Crippen molar-refractivity contribution in [2.45, 2.75) is 37.4 Å². The fourth-order valence-corrected chi connectivity index (χ4v) is 4.26. The van der Waals surface area contributed by atoms with E-state index in [1.54, 1.807) is 0 Å². The third-order valence-corrected chi connectivity index (χ3v) is 4.93. The average molecular weight is 205 g/mol. The van der Waals surface area contributed by atoms with Gasteiger partial charge in [0.15, 0.2) is 0 Å². The molecule has 1 rings (SSSR count). The Labute approximate surface area is 81.4 Å². The Morgan fingerprint density at radius 1 is 1.50 bits per heavy atom. The second-order valence-corrected chi connectivity index (χ2v) is 5.83. The second kappa shape index (κ2) is 5.75. The van der Waals surface area contributed by atoms with Gasteiger partial charge in [0.2, 0.25) is 5.91 Å². The lowest BCUT2D eigenvalue weighted by Crippen LogP contribution is -2.10. The lowest BCUT2D eigenvalue weighted by molar-refractivity contribution is -0.118. The molecule has 0 bridgehead atoms. The van der Waals surface area contributed by atoms with Crippen LogP contribution in [0.2, 0.25) is 0 Å². The van der Waals surface area contributed by atoms with Gasteiger partial charge in [0, 0.05) is 17.4 Å². The molecule has 0 unspecified atom stereocenters. The van der Waals surface area contributed by atoms with E-state index in [9.17, 15) is 4.79 Å². The minimum Gasteiger partial charge on any atom is -0.370 e. The predicted octanol–water partition coefficient (Wildman–Crippen LogP) is 2.19. The monoisotopic (exact) mass is 205 g/mol. The van der Waals surface area contributed by atoms with Gasteiger partial charge in [0.25, 0.3) is 0 Å². The average Bonchev–Trinajstić information content (AvgIpc) is 2.49. The van der Waals surface area contributed by atoms with Crippen molar-refractivity contribution >= 4 is 27.5 Å². The standard InChI is InChI=1S/C8H15NOS2/c9-8(10)4-2-1-3-7-5-6-11-12-7/h7H,1-6H2,(H2,9,10)/t7-/m1/s1. The summed E-state index contributed by atoms with van der Waals surface area (Å²) in [6.45, 7) is 0. The molecule has 1 fully saturated rings. The number of unbranched alkanes of at least 4 members (excludes halogenated alkanes) is 1. The third-order valence-electron chi connectivity index (χ3n) is 1.93. The molecule has 0 saturated carbocycles. The highest BCUT2D eigenvalue weighted by Gasteiger charge is 2.15. The highest BCUT2D eigenvalue weighted by molar-refractivity contribution is 8.77. The maximum absolute atomic E-state index is 10.4. The first-order chi connectivity index (χ1) is 5.79. The van der Waals surface area contributed by atoms with Gasteiger partial charge < -0.3 is 5.73 Å². The number of nitrogens with two attached hydrogens (primary N) is 1. The Balaban J connectivity index is 1.91. The van der Waals surface area contributed by atoms with Crippen LogP contribution in [0.1, 0.15) is 32.1 Å². The fourth-order valence-electron chi connectivity index (χ4n) is 1.24. The van der Waals surface area contributed by atoms with E-state index < -0.39 is 0 Å². The highest BCUT2D eigenvalue weighted by Crippen LogP contribution is 2.39. The van der Waals surface area contributed by atoms with Gasteiger partial charge in [-0.1, -0.05) is 28.0 Å². The van der Waals surface area contributed by atoms with Crippen LogP contribution < -0.4 is 5.73 Å². The van der Waals surface area contributed by atoms with E-state index in [0.29, 0.717) is 6.42 Å².